The summed E-state index contributed by atoms with van der Waals surface area (Å²) in [6, 6.07) is 2.40. The normalized spacial score (nSPS) is 17.4. The second-order valence-corrected chi connectivity index (χ2v) is 5.10. The fraction of sp³-hybridized carbons (Fsp3) is 0.250. The molecule has 0 saturated carbocycles. The molecule has 1 nitrogen and oxygen atoms in total. The number of hydrogen-bond acceptors (Lipinski definition) is 0. The summed E-state index contributed by atoms with van der Waals surface area (Å²) in [5.74, 6) is 0. The minimum Gasteiger partial charge on any atom is -0.335 e. The molecule has 0 bridgehead atoms. The number of aromatic nitrogens is 1. The fourth-order valence-electron chi connectivity index (χ4n) is 2.26. The van der Waals surface area contributed by atoms with Gasteiger partial charge in [0.05, 0.1) is 8.22 Å². The van der Waals surface area contributed by atoms with Gasteiger partial charge in [-0.05, 0) is 32.9 Å². The molecule has 86 valence electrons. The number of nitrogens with zero attached hydrogens (tertiary/aromatic N) is 1. The molecule has 0 unspecified atom stereocenters. The van der Waals surface area contributed by atoms with Crippen LogP contribution in [-0.2, 0) is 5.54 Å². The molecule has 3 rings (SSSR count). The highest BCUT2D eigenvalue weighted by atomic mass is 15.0. The van der Waals surface area contributed by atoms with Gasteiger partial charge in [0.15, 0.2) is 0 Å². The average molecular weight is 229 g/mol. The molecule has 0 aliphatic carbocycles. The van der Waals surface area contributed by atoms with E-state index in [-0.39, 0.29) is 36.3 Å². The van der Waals surface area contributed by atoms with Gasteiger partial charge in [-0.15, -0.1) is 0 Å². The molecule has 0 saturated heterocycles. The van der Waals surface area contributed by atoms with Crippen molar-refractivity contribution in [2.75, 3.05) is 0 Å². The van der Waals surface area contributed by atoms with Crippen LogP contribution >= 0.6 is 0 Å². The Labute approximate surface area is 110 Å². The van der Waals surface area contributed by atoms with E-state index in [1.54, 1.807) is 0 Å². The van der Waals surface area contributed by atoms with Gasteiger partial charge in [0, 0.05) is 27.3 Å². The van der Waals surface area contributed by atoms with Crippen LogP contribution in [-0.4, -0.2) is 4.57 Å². The van der Waals surface area contributed by atoms with Crippen molar-refractivity contribution in [1.29, 1.82) is 0 Å². The van der Waals surface area contributed by atoms with Gasteiger partial charge in [0.25, 0.3) is 0 Å². The standard InChI is InChI=1S/C16H17N/c1-16(2,3)17-14-10-6-4-8-12(14)13-9-5-7-11-15(13)17/h4-11H,1-3H3/i4D,5D,6D,7D,8D,9D. The summed E-state index contributed by atoms with van der Waals surface area (Å²) in [6.45, 7) is 5.90. The summed E-state index contributed by atoms with van der Waals surface area (Å²) in [7, 11) is 0. The molecule has 3 aromatic rings. The number of benzene rings is 2. The molecule has 0 radical (unpaired) electrons. The first kappa shape index (κ1) is 5.72. The van der Waals surface area contributed by atoms with E-state index in [1.165, 1.54) is 12.1 Å². The lowest BCUT2D eigenvalue weighted by atomic mass is 10.1. The highest BCUT2D eigenvalue weighted by Crippen LogP contribution is 2.33. The van der Waals surface area contributed by atoms with Gasteiger partial charge in [-0.3, -0.25) is 0 Å². The molecular weight excluding hydrogens is 206 g/mol. The Morgan fingerprint density at radius 3 is 1.76 bits per heavy atom. The molecule has 0 amide bonds. The van der Waals surface area contributed by atoms with Gasteiger partial charge in [0.2, 0.25) is 0 Å². The maximum Gasteiger partial charge on any atom is 0.0630 e. The van der Waals surface area contributed by atoms with Crippen molar-refractivity contribution >= 4 is 21.8 Å². The fourth-order valence-corrected chi connectivity index (χ4v) is 2.26. The minimum atomic E-state index is -0.398. The largest absolute Gasteiger partial charge is 0.335 e. The third-order valence-corrected chi connectivity index (χ3v) is 2.85. The van der Waals surface area contributed by atoms with E-state index in [2.05, 4.69) is 0 Å². The predicted octanol–water partition coefficient (Wildman–Crippen LogP) is 4.55. The Hall–Kier alpha value is -1.76. The lowest BCUT2D eigenvalue weighted by Gasteiger charge is -2.24. The monoisotopic (exact) mass is 229 g/mol. The highest BCUT2D eigenvalue weighted by molar-refractivity contribution is 6.08. The molecule has 17 heavy (non-hydrogen) atoms. The molecule has 1 aromatic heterocycles. The van der Waals surface area contributed by atoms with E-state index in [9.17, 15) is 0 Å². The van der Waals surface area contributed by atoms with Gasteiger partial charge in [-0.2, -0.15) is 0 Å². The predicted molar refractivity (Wildman–Crippen MR) is 74.4 cm³/mol. The average Bonchev–Trinajstić information content (AvgIpc) is 2.76. The highest BCUT2D eigenvalue weighted by Gasteiger charge is 2.19. The van der Waals surface area contributed by atoms with Crippen molar-refractivity contribution in [1.82, 2.24) is 4.57 Å². The quantitative estimate of drug-likeness (QED) is 0.533. The van der Waals surface area contributed by atoms with Crippen LogP contribution in [0.5, 0.6) is 0 Å². The van der Waals surface area contributed by atoms with Crippen LogP contribution in [0.15, 0.2) is 48.4 Å². The van der Waals surface area contributed by atoms with E-state index in [0.29, 0.717) is 21.8 Å². The maximum atomic E-state index is 8.24. The molecule has 0 N–H and O–H groups in total. The number of fused-ring (bicyclic) bond motifs is 3. The summed E-state index contributed by atoms with van der Waals surface area (Å²) in [4.78, 5) is 0. The Bertz CT molecular complexity index is 894. The van der Waals surface area contributed by atoms with Crippen LogP contribution in [0.25, 0.3) is 21.8 Å². The maximum absolute atomic E-state index is 8.24. The van der Waals surface area contributed by atoms with Crippen LogP contribution in [0.4, 0.5) is 0 Å². The minimum absolute atomic E-state index is 0.0421. The summed E-state index contributed by atoms with van der Waals surface area (Å²) in [6.07, 6.45) is 0. The van der Waals surface area contributed by atoms with E-state index < -0.39 is 5.54 Å². The first-order valence-electron chi connectivity index (χ1n) is 8.58. The first-order chi connectivity index (χ1) is 10.6. The van der Waals surface area contributed by atoms with E-state index in [0.717, 1.165) is 0 Å². The van der Waals surface area contributed by atoms with Crippen molar-refractivity contribution in [2.24, 2.45) is 0 Å². The van der Waals surface area contributed by atoms with Crippen LogP contribution in [0.2, 0.25) is 0 Å². The molecular formula is C16H17N. The summed E-state index contributed by atoms with van der Waals surface area (Å²) >= 11 is 0. The van der Waals surface area contributed by atoms with Gasteiger partial charge < -0.3 is 4.57 Å². The molecule has 0 atom stereocenters. The molecule has 0 spiro atoms. The van der Waals surface area contributed by atoms with Crippen LogP contribution in [0, 0.1) is 0 Å². The number of hydrogen-bond donors (Lipinski definition) is 0. The lowest BCUT2D eigenvalue weighted by molar-refractivity contribution is 0.423. The van der Waals surface area contributed by atoms with Gasteiger partial charge >= 0.3 is 0 Å². The van der Waals surface area contributed by atoms with E-state index >= 15 is 0 Å². The van der Waals surface area contributed by atoms with E-state index in [4.69, 9.17) is 8.22 Å². The topological polar surface area (TPSA) is 4.93 Å². The third kappa shape index (κ3) is 1.46. The van der Waals surface area contributed by atoms with Crippen LogP contribution in [0.1, 0.15) is 29.0 Å². The van der Waals surface area contributed by atoms with Crippen LogP contribution < -0.4 is 0 Å². The summed E-state index contributed by atoms with van der Waals surface area (Å²) < 4.78 is 50.0. The number of rotatable bonds is 0. The molecule has 0 aliphatic heterocycles. The molecule has 0 aliphatic rings. The first-order valence-corrected chi connectivity index (χ1v) is 5.58. The second-order valence-electron chi connectivity index (χ2n) is 5.10. The Morgan fingerprint density at radius 2 is 1.35 bits per heavy atom. The second kappa shape index (κ2) is 3.36. The third-order valence-electron chi connectivity index (χ3n) is 2.85. The van der Waals surface area contributed by atoms with Crippen molar-refractivity contribution in [3.63, 3.8) is 0 Å². The molecule has 2 aromatic carbocycles. The molecule has 1 heteroatoms. The Kier molecular flexibility index (Phi) is 1.13. The van der Waals surface area contributed by atoms with Crippen molar-refractivity contribution in [3.05, 3.63) is 48.4 Å². The van der Waals surface area contributed by atoms with Crippen molar-refractivity contribution in [2.45, 2.75) is 26.3 Å². The van der Waals surface area contributed by atoms with Gasteiger partial charge in [-0.25, -0.2) is 0 Å². The number of para-hydroxylation sites is 2. The van der Waals surface area contributed by atoms with Gasteiger partial charge in [0.1, 0.15) is 0 Å². The Balaban J connectivity index is 2.74. The summed E-state index contributed by atoms with van der Waals surface area (Å²) in [5, 5.41) is 0.823. The zero-order chi connectivity index (χ0) is 17.3. The lowest BCUT2D eigenvalue weighted by Crippen LogP contribution is -2.21. The van der Waals surface area contributed by atoms with Crippen molar-refractivity contribution < 1.29 is 8.22 Å². The smallest absolute Gasteiger partial charge is 0.0630 e. The SMILES string of the molecule is [2H]c1cc2c(c([2H])c1[2H])c1c([2H])c([2H])c([2H])cc1n2C(C)(C)C. The zero-order valence-corrected chi connectivity index (χ0v) is 10.1. The van der Waals surface area contributed by atoms with Crippen molar-refractivity contribution in [3.8, 4) is 0 Å². The van der Waals surface area contributed by atoms with Gasteiger partial charge in [-0.1, -0.05) is 36.3 Å². The molecule has 1 heterocycles. The van der Waals surface area contributed by atoms with Crippen LogP contribution in [0.3, 0.4) is 0 Å². The summed E-state index contributed by atoms with van der Waals surface area (Å²) in [5.41, 5.74) is 0.791. The molecule has 0 fully saturated rings. The Morgan fingerprint density at radius 1 is 0.882 bits per heavy atom. The van der Waals surface area contributed by atoms with E-state index in [1.807, 2.05) is 25.3 Å². The zero-order valence-electron chi connectivity index (χ0n) is 16.1.